The monoisotopic (exact) mass is 209 g/mol. The summed E-state index contributed by atoms with van der Waals surface area (Å²) in [6.45, 7) is 2.12. The zero-order chi connectivity index (χ0) is 11.3. The fraction of sp³-hybridized carbons (Fsp3) is 0.333. The Bertz CT molecular complexity index is 402. The molecule has 0 fully saturated rings. The Hall–Kier alpha value is -1.40. The van der Waals surface area contributed by atoms with Crippen LogP contribution in [0.5, 0.6) is 0 Å². The van der Waals surface area contributed by atoms with Crippen molar-refractivity contribution in [1.29, 1.82) is 0 Å². The van der Waals surface area contributed by atoms with Gasteiger partial charge in [-0.05, 0) is 31.5 Å². The van der Waals surface area contributed by atoms with Crippen LogP contribution in [0.1, 0.15) is 24.0 Å². The van der Waals surface area contributed by atoms with Crippen molar-refractivity contribution < 1.29 is 8.78 Å². The lowest BCUT2D eigenvalue weighted by atomic mass is 10.1. The van der Waals surface area contributed by atoms with Crippen LogP contribution >= 0.6 is 0 Å². The maximum atomic E-state index is 13.4. The van der Waals surface area contributed by atoms with Gasteiger partial charge in [-0.25, -0.2) is 8.78 Å². The van der Waals surface area contributed by atoms with E-state index >= 15 is 0 Å². The highest BCUT2D eigenvalue weighted by Gasteiger charge is 2.08. The predicted octanol–water partition coefficient (Wildman–Crippen LogP) is 2.36. The van der Waals surface area contributed by atoms with Gasteiger partial charge in [0.2, 0.25) is 0 Å². The zero-order valence-corrected chi connectivity index (χ0v) is 8.61. The molecule has 0 radical (unpaired) electrons. The molecule has 1 rings (SSSR count). The van der Waals surface area contributed by atoms with Gasteiger partial charge in [0.25, 0.3) is 0 Å². The Labute approximate surface area is 88.3 Å². The first-order valence-corrected chi connectivity index (χ1v) is 4.80. The highest BCUT2D eigenvalue weighted by atomic mass is 19.1. The molecule has 1 nitrogen and oxygen atoms in total. The smallest absolute Gasteiger partial charge is 0.144 e. The largest absolute Gasteiger partial charge is 0.330 e. The molecule has 0 atom stereocenters. The summed E-state index contributed by atoms with van der Waals surface area (Å²) < 4.78 is 26.6. The van der Waals surface area contributed by atoms with E-state index in [0.29, 0.717) is 18.5 Å². The molecule has 0 saturated heterocycles. The molecule has 0 aliphatic heterocycles. The van der Waals surface area contributed by atoms with E-state index in [1.165, 1.54) is 12.1 Å². The average molecular weight is 209 g/mol. The van der Waals surface area contributed by atoms with Crippen LogP contribution in [0.4, 0.5) is 8.78 Å². The molecule has 0 aromatic heterocycles. The fourth-order valence-electron chi connectivity index (χ4n) is 1.11. The van der Waals surface area contributed by atoms with Gasteiger partial charge >= 0.3 is 0 Å². The quantitative estimate of drug-likeness (QED) is 0.587. The van der Waals surface area contributed by atoms with Crippen LogP contribution in [0.2, 0.25) is 0 Å². The first-order chi connectivity index (χ1) is 7.16. The maximum absolute atomic E-state index is 13.4. The molecular weight excluding hydrogens is 196 g/mol. The van der Waals surface area contributed by atoms with Crippen LogP contribution in [0.25, 0.3) is 0 Å². The van der Waals surface area contributed by atoms with Crippen molar-refractivity contribution in [2.24, 2.45) is 5.73 Å². The Morgan fingerprint density at radius 1 is 1.33 bits per heavy atom. The lowest BCUT2D eigenvalue weighted by Gasteiger charge is -1.99. The van der Waals surface area contributed by atoms with E-state index in [2.05, 4.69) is 11.8 Å². The predicted molar refractivity (Wildman–Crippen MR) is 56.3 cm³/mol. The summed E-state index contributed by atoms with van der Waals surface area (Å²) in [5.41, 5.74) is 5.53. The first-order valence-electron chi connectivity index (χ1n) is 4.80. The van der Waals surface area contributed by atoms with Crippen LogP contribution in [0.3, 0.4) is 0 Å². The van der Waals surface area contributed by atoms with E-state index in [1.807, 2.05) is 0 Å². The normalized spacial score (nSPS) is 9.60. The van der Waals surface area contributed by atoms with Gasteiger partial charge in [0.05, 0.1) is 5.56 Å². The molecule has 3 heteroatoms. The first kappa shape index (κ1) is 11.7. The van der Waals surface area contributed by atoms with E-state index in [-0.39, 0.29) is 5.56 Å². The molecule has 0 aliphatic rings. The minimum atomic E-state index is -0.613. The van der Waals surface area contributed by atoms with Crippen LogP contribution in [0.15, 0.2) is 12.1 Å². The summed E-state index contributed by atoms with van der Waals surface area (Å²) in [6, 6.07) is 2.63. The highest BCUT2D eigenvalue weighted by Crippen LogP contribution is 2.14. The van der Waals surface area contributed by atoms with Crippen molar-refractivity contribution in [3.8, 4) is 11.8 Å². The molecule has 0 heterocycles. The van der Waals surface area contributed by atoms with Gasteiger partial charge in [-0.2, -0.15) is 0 Å². The summed E-state index contributed by atoms with van der Waals surface area (Å²) >= 11 is 0. The third-order valence-corrected chi connectivity index (χ3v) is 2.00. The lowest BCUT2D eigenvalue weighted by molar-refractivity contribution is 0.571. The number of rotatable bonds is 2. The van der Waals surface area contributed by atoms with Crippen molar-refractivity contribution in [2.45, 2.75) is 19.8 Å². The van der Waals surface area contributed by atoms with Crippen molar-refractivity contribution >= 4 is 0 Å². The molecule has 0 spiro atoms. The van der Waals surface area contributed by atoms with Gasteiger partial charge in [-0.3, -0.25) is 0 Å². The van der Waals surface area contributed by atoms with Crippen LogP contribution in [-0.4, -0.2) is 6.54 Å². The Kier molecular flexibility index (Phi) is 4.26. The second kappa shape index (κ2) is 5.47. The molecular formula is C12H13F2N. The van der Waals surface area contributed by atoms with E-state index in [1.54, 1.807) is 6.92 Å². The summed E-state index contributed by atoms with van der Waals surface area (Å²) in [4.78, 5) is 0. The van der Waals surface area contributed by atoms with E-state index in [4.69, 9.17) is 5.73 Å². The highest BCUT2D eigenvalue weighted by molar-refractivity contribution is 5.39. The lowest BCUT2D eigenvalue weighted by Crippen LogP contribution is -1.97. The number of nitrogens with two attached hydrogens (primary N) is 1. The molecule has 0 unspecified atom stereocenters. The third kappa shape index (κ3) is 3.03. The molecule has 80 valence electrons. The minimum absolute atomic E-state index is 0.146. The van der Waals surface area contributed by atoms with Crippen LogP contribution in [-0.2, 0) is 0 Å². The number of benzene rings is 1. The summed E-state index contributed by atoms with van der Waals surface area (Å²) in [7, 11) is 0. The number of aryl methyl sites for hydroxylation is 1. The van der Waals surface area contributed by atoms with Gasteiger partial charge in [0.1, 0.15) is 11.6 Å². The number of hydrogen-bond acceptors (Lipinski definition) is 1. The Balaban J connectivity index is 2.92. The van der Waals surface area contributed by atoms with Gasteiger partial charge < -0.3 is 5.73 Å². The summed E-state index contributed by atoms with van der Waals surface area (Å²) in [5.74, 6) is 4.02. The minimum Gasteiger partial charge on any atom is -0.330 e. The van der Waals surface area contributed by atoms with Gasteiger partial charge in [0, 0.05) is 6.42 Å². The zero-order valence-electron chi connectivity index (χ0n) is 8.61. The summed E-state index contributed by atoms with van der Waals surface area (Å²) in [5, 5.41) is 0. The van der Waals surface area contributed by atoms with Crippen molar-refractivity contribution in [3.63, 3.8) is 0 Å². The summed E-state index contributed by atoms with van der Waals surface area (Å²) in [6.07, 6.45) is 1.30. The van der Waals surface area contributed by atoms with Crippen molar-refractivity contribution in [3.05, 3.63) is 34.9 Å². The Morgan fingerprint density at radius 3 is 2.73 bits per heavy atom. The molecule has 0 amide bonds. The third-order valence-electron chi connectivity index (χ3n) is 2.00. The maximum Gasteiger partial charge on any atom is 0.144 e. The van der Waals surface area contributed by atoms with Gasteiger partial charge in [-0.1, -0.05) is 17.9 Å². The molecule has 0 aliphatic carbocycles. The molecule has 0 saturated carbocycles. The molecule has 15 heavy (non-hydrogen) atoms. The standard InChI is InChI=1S/C12H13F2N/c1-9-6-7-11(13)10(12(9)14)5-3-2-4-8-15/h6-7H,2,4,8,15H2,1H3. The number of halogens is 2. The van der Waals surface area contributed by atoms with Gasteiger partial charge in [0.15, 0.2) is 0 Å². The second-order valence-corrected chi connectivity index (χ2v) is 3.25. The van der Waals surface area contributed by atoms with Crippen molar-refractivity contribution in [2.75, 3.05) is 6.54 Å². The fourth-order valence-corrected chi connectivity index (χ4v) is 1.11. The molecule has 0 bridgehead atoms. The van der Waals surface area contributed by atoms with Crippen LogP contribution in [0, 0.1) is 30.4 Å². The Morgan fingerprint density at radius 2 is 2.07 bits per heavy atom. The second-order valence-electron chi connectivity index (χ2n) is 3.25. The van der Waals surface area contributed by atoms with Gasteiger partial charge in [-0.15, -0.1) is 0 Å². The molecule has 2 N–H and O–H groups in total. The average Bonchev–Trinajstić information content (AvgIpc) is 2.23. The van der Waals surface area contributed by atoms with E-state index < -0.39 is 11.6 Å². The topological polar surface area (TPSA) is 26.0 Å². The molecule has 1 aromatic carbocycles. The number of hydrogen-bond donors (Lipinski definition) is 1. The van der Waals surface area contributed by atoms with Crippen molar-refractivity contribution in [1.82, 2.24) is 0 Å². The SMILES string of the molecule is Cc1ccc(F)c(C#CCCCN)c1F. The number of unbranched alkanes of at least 4 members (excludes halogenated alkanes) is 1. The van der Waals surface area contributed by atoms with Crippen LogP contribution < -0.4 is 5.73 Å². The van der Waals surface area contributed by atoms with E-state index in [9.17, 15) is 8.78 Å². The molecule has 1 aromatic rings. The van der Waals surface area contributed by atoms with E-state index in [0.717, 1.165) is 6.42 Å².